The fraction of sp³-hybridized carbons (Fsp3) is 0.444. The van der Waals surface area contributed by atoms with Crippen LogP contribution in [0.25, 0.3) is 5.69 Å². The second-order valence-electron chi connectivity index (χ2n) is 6.45. The minimum atomic E-state index is -0.328. The quantitative estimate of drug-likeness (QED) is 0.919. The molecule has 0 saturated carbocycles. The number of aliphatic hydroxyl groups is 1. The van der Waals surface area contributed by atoms with E-state index in [2.05, 4.69) is 10.00 Å². The SMILES string of the molecule is Cc1cnn(-c2ccc(C(=O)N3CCN(C[C@H](C)O)CC3)cc2)c1. The molecule has 1 aliphatic rings. The molecule has 6 heteroatoms. The van der Waals surface area contributed by atoms with Crippen LogP contribution in [0.15, 0.2) is 36.7 Å². The van der Waals surface area contributed by atoms with Gasteiger partial charge in [0, 0.05) is 44.5 Å². The molecule has 1 aliphatic heterocycles. The highest BCUT2D eigenvalue weighted by molar-refractivity contribution is 5.94. The summed E-state index contributed by atoms with van der Waals surface area (Å²) in [5.74, 6) is 0.0647. The van der Waals surface area contributed by atoms with E-state index in [1.807, 2.05) is 48.5 Å². The molecular weight excluding hydrogens is 304 g/mol. The summed E-state index contributed by atoms with van der Waals surface area (Å²) in [5.41, 5.74) is 2.75. The molecule has 1 aromatic heterocycles. The van der Waals surface area contributed by atoms with Gasteiger partial charge in [-0.3, -0.25) is 9.69 Å². The van der Waals surface area contributed by atoms with Crippen LogP contribution in [0, 0.1) is 6.92 Å². The molecule has 0 radical (unpaired) electrons. The highest BCUT2D eigenvalue weighted by atomic mass is 16.3. The number of carbonyl (C=O) groups excluding carboxylic acids is 1. The summed E-state index contributed by atoms with van der Waals surface area (Å²) < 4.78 is 1.80. The van der Waals surface area contributed by atoms with Crippen LogP contribution in [0.2, 0.25) is 0 Å². The summed E-state index contributed by atoms with van der Waals surface area (Å²) in [6.07, 6.45) is 3.44. The molecule has 0 unspecified atom stereocenters. The highest BCUT2D eigenvalue weighted by Crippen LogP contribution is 2.13. The van der Waals surface area contributed by atoms with Crippen LogP contribution < -0.4 is 0 Å². The highest BCUT2D eigenvalue weighted by Gasteiger charge is 2.22. The second kappa shape index (κ2) is 7.15. The maximum absolute atomic E-state index is 12.6. The summed E-state index contributed by atoms with van der Waals surface area (Å²) >= 11 is 0. The number of hydrogen-bond acceptors (Lipinski definition) is 4. The molecule has 0 bridgehead atoms. The van der Waals surface area contributed by atoms with Crippen molar-refractivity contribution in [1.82, 2.24) is 19.6 Å². The lowest BCUT2D eigenvalue weighted by Gasteiger charge is -2.35. The first-order chi connectivity index (χ1) is 11.5. The topological polar surface area (TPSA) is 61.6 Å². The molecule has 1 atom stereocenters. The maximum Gasteiger partial charge on any atom is 0.253 e. The molecule has 2 heterocycles. The van der Waals surface area contributed by atoms with Crippen molar-refractivity contribution in [3.8, 4) is 5.69 Å². The predicted molar refractivity (Wildman–Crippen MR) is 92.3 cm³/mol. The van der Waals surface area contributed by atoms with Crippen LogP contribution in [-0.4, -0.2) is 69.4 Å². The van der Waals surface area contributed by atoms with Crippen LogP contribution in [0.3, 0.4) is 0 Å². The number of aliphatic hydroxyl groups excluding tert-OH is 1. The molecular formula is C18H24N4O2. The second-order valence-corrected chi connectivity index (χ2v) is 6.45. The number of hydrogen-bond donors (Lipinski definition) is 1. The van der Waals surface area contributed by atoms with Gasteiger partial charge in [-0.25, -0.2) is 4.68 Å². The normalized spacial score (nSPS) is 17.0. The summed E-state index contributed by atoms with van der Waals surface area (Å²) in [6, 6.07) is 7.56. The summed E-state index contributed by atoms with van der Waals surface area (Å²) in [7, 11) is 0. The zero-order valence-corrected chi connectivity index (χ0v) is 14.2. The number of aromatic nitrogens is 2. The van der Waals surface area contributed by atoms with Gasteiger partial charge >= 0.3 is 0 Å². The standard InChI is InChI=1S/C18H24N4O2/c1-14-11-19-22(12-14)17-5-3-16(4-6-17)18(24)21-9-7-20(8-10-21)13-15(2)23/h3-6,11-12,15,23H,7-10,13H2,1-2H3/t15-/m0/s1. The van der Waals surface area contributed by atoms with Crippen molar-refractivity contribution >= 4 is 5.91 Å². The first kappa shape index (κ1) is 16.7. The van der Waals surface area contributed by atoms with Crippen molar-refractivity contribution in [2.45, 2.75) is 20.0 Å². The molecule has 24 heavy (non-hydrogen) atoms. The van der Waals surface area contributed by atoms with Gasteiger partial charge < -0.3 is 10.0 Å². The van der Waals surface area contributed by atoms with Crippen molar-refractivity contribution in [2.24, 2.45) is 0 Å². The number of carbonyl (C=O) groups is 1. The summed E-state index contributed by atoms with van der Waals surface area (Å²) in [5, 5.41) is 13.7. The van der Waals surface area contributed by atoms with Gasteiger partial charge in [-0.15, -0.1) is 0 Å². The molecule has 1 aromatic carbocycles. The fourth-order valence-corrected chi connectivity index (χ4v) is 3.00. The zero-order valence-electron chi connectivity index (χ0n) is 14.2. The lowest BCUT2D eigenvalue weighted by atomic mass is 10.1. The number of benzene rings is 1. The first-order valence-corrected chi connectivity index (χ1v) is 8.34. The van der Waals surface area contributed by atoms with E-state index in [0.29, 0.717) is 25.2 Å². The van der Waals surface area contributed by atoms with Gasteiger partial charge in [-0.1, -0.05) is 0 Å². The minimum absolute atomic E-state index is 0.0647. The molecule has 128 valence electrons. The van der Waals surface area contributed by atoms with Crippen LogP contribution in [0.5, 0.6) is 0 Å². The lowest BCUT2D eigenvalue weighted by Crippen LogP contribution is -2.50. The molecule has 1 saturated heterocycles. The monoisotopic (exact) mass is 328 g/mol. The lowest BCUT2D eigenvalue weighted by molar-refractivity contribution is 0.0554. The molecule has 0 spiro atoms. The third-order valence-electron chi connectivity index (χ3n) is 4.27. The van der Waals surface area contributed by atoms with Crippen LogP contribution in [0.4, 0.5) is 0 Å². The van der Waals surface area contributed by atoms with Crippen LogP contribution >= 0.6 is 0 Å². The van der Waals surface area contributed by atoms with Gasteiger partial charge in [0.1, 0.15) is 0 Å². The Balaban J connectivity index is 1.61. The fourth-order valence-electron chi connectivity index (χ4n) is 3.00. The van der Waals surface area contributed by atoms with Gasteiger partial charge in [0.15, 0.2) is 0 Å². The van der Waals surface area contributed by atoms with E-state index < -0.39 is 0 Å². The maximum atomic E-state index is 12.6. The predicted octanol–water partition coefficient (Wildman–Crippen LogP) is 1.32. The molecule has 1 fully saturated rings. The number of piperazine rings is 1. The van der Waals surface area contributed by atoms with Crippen molar-refractivity contribution in [3.05, 3.63) is 47.8 Å². The number of β-amino-alcohol motifs (C(OH)–C–C–N with tert-alkyl or cyclic N) is 1. The largest absolute Gasteiger partial charge is 0.392 e. The Bertz CT molecular complexity index is 685. The molecule has 6 nitrogen and oxygen atoms in total. The first-order valence-electron chi connectivity index (χ1n) is 8.34. The number of amides is 1. The van der Waals surface area contributed by atoms with Crippen molar-refractivity contribution < 1.29 is 9.90 Å². The molecule has 2 aromatic rings. The Morgan fingerprint density at radius 2 is 1.88 bits per heavy atom. The van der Waals surface area contributed by atoms with Crippen molar-refractivity contribution in [1.29, 1.82) is 0 Å². The van der Waals surface area contributed by atoms with Gasteiger partial charge in [-0.2, -0.15) is 5.10 Å². The van der Waals surface area contributed by atoms with Crippen LogP contribution in [0.1, 0.15) is 22.8 Å². The number of aryl methyl sites for hydroxylation is 1. The van der Waals surface area contributed by atoms with E-state index in [9.17, 15) is 9.90 Å². The van der Waals surface area contributed by atoms with Gasteiger partial charge in [-0.05, 0) is 43.7 Å². The van der Waals surface area contributed by atoms with E-state index >= 15 is 0 Å². The Hall–Kier alpha value is -2.18. The molecule has 3 rings (SSSR count). The number of nitrogens with zero attached hydrogens (tertiary/aromatic N) is 4. The third-order valence-corrected chi connectivity index (χ3v) is 4.27. The van der Waals surface area contributed by atoms with E-state index in [1.165, 1.54) is 0 Å². The van der Waals surface area contributed by atoms with E-state index in [4.69, 9.17) is 0 Å². The Morgan fingerprint density at radius 1 is 1.21 bits per heavy atom. The molecule has 1 amide bonds. The van der Waals surface area contributed by atoms with Gasteiger partial charge in [0.2, 0.25) is 0 Å². The minimum Gasteiger partial charge on any atom is -0.392 e. The van der Waals surface area contributed by atoms with Crippen molar-refractivity contribution in [3.63, 3.8) is 0 Å². The zero-order chi connectivity index (χ0) is 17.1. The smallest absolute Gasteiger partial charge is 0.253 e. The third kappa shape index (κ3) is 3.83. The van der Waals surface area contributed by atoms with E-state index in [0.717, 1.165) is 24.3 Å². The van der Waals surface area contributed by atoms with Crippen molar-refractivity contribution in [2.75, 3.05) is 32.7 Å². The van der Waals surface area contributed by atoms with E-state index in [-0.39, 0.29) is 12.0 Å². The molecule has 0 aliphatic carbocycles. The molecule has 1 N–H and O–H groups in total. The average Bonchev–Trinajstić information content (AvgIpc) is 3.01. The summed E-state index contributed by atoms with van der Waals surface area (Å²) in [6.45, 7) is 7.47. The number of rotatable bonds is 4. The summed E-state index contributed by atoms with van der Waals surface area (Å²) in [4.78, 5) is 16.7. The van der Waals surface area contributed by atoms with Gasteiger partial charge in [0.25, 0.3) is 5.91 Å². The average molecular weight is 328 g/mol. The van der Waals surface area contributed by atoms with Crippen LogP contribution in [-0.2, 0) is 0 Å². The Labute approximate surface area is 142 Å². The van der Waals surface area contributed by atoms with E-state index in [1.54, 1.807) is 11.6 Å². The Kier molecular flexibility index (Phi) is 4.97. The Morgan fingerprint density at radius 3 is 2.42 bits per heavy atom. The van der Waals surface area contributed by atoms with Gasteiger partial charge in [0.05, 0.1) is 18.0 Å².